The minimum atomic E-state index is -3.20. The van der Waals surface area contributed by atoms with Gasteiger partial charge in [-0.15, -0.1) is 0 Å². The number of carbonyl (C=O) groups excluding carboxylic acids is 1. The molecule has 1 amide bonds. The summed E-state index contributed by atoms with van der Waals surface area (Å²) in [6.45, 7) is 5.98. The number of benzene rings is 1. The number of hydrogen-bond donors (Lipinski definition) is 0. The van der Waals surface area contributed by atoms with E-state index in [9.17, 15) is 13.2 Å². The van der Waals surface area contributed by atoms with Crippen molar-refractivity contribution in [1.82, 2.24) is 4.90 Å². The van der Waals surface area contributed by atoms with Crippen LogP contribution in [0.1, 0.15) is 43.1 Å². The minimum Gasteiger partial charge on any atom is -0.338 e. The molecule has 1 aliphatic heterocycles. The molecule has 1 aliphatic rings. The summed E-state index contributed by atoms with van der Waals surface area (Å²) in [6.07, 6.45) is 1.74. The van der Waals surface area contributed by atoms with Gasteiger partial charge in [-0.2, -0.15) is 0 Å². The number of rotatable bonds is 3. The van der Waals surface area contributed by atoms with Gasteiger partial charge in [-0.3, -0.25) is 4.79 Å². The van der Waals surface area contributed by atoms with Gasteiger partial charge in [-0.05, 0) is 45.2 Å². The summed E-state index contributed by atoms with van der Waals surface area (Å²) in [5.41, 5.74) is 1.77. The van der Waals surface area contributed by atoms with Crippen molar-refractivity contribution in [3.8, 4) is 0 Å². The molecule has 0 spiro atoms. The average Bonchev–Trinajstić information content (AvgIpc) is 2.55. The Hall–Kier alpha value is -1.36. The molecule has 0 fully saturated rings. The number of aryl methyl sites for hydroxylation is 1. The lowest BCUT2D eigenvalue weighted by Gasteiger charge is -2.24. The second-order valence-corrected chi connectivity index (χ2v) is 9.35. The fraction of sp³-hybridized carbons (Fsp3) is 0.562. The molecule has 116 valence electrons. The molecule has 1 heterocycles. The van der Waals surface area contributed by atoms with Gasteiger partial charge in [0.25, 0.3) is 5.91 Å². The van der Waals surface area contributed by atoms with Crippen LogP contribution in [0.5, 0.6) is 0 Å². The fourth-order valence-corrected chi connectivity index (χ4v) is 3.50. The van der Waals surface area contributed by atoms with Crippen molar-refractivity contribution < 1.29 is 13.2 Å². The molecule has 0 unspecified atom stereocenters. The average molecular weight is 309 g/mol. The van der Waals surface area contributed by atoms with Crippen LogP contribution in [0.3, 0.4) is 0 Å². The summed E-state index contributed by atoms with van der Waals surface area (Å²) in [5, 5.41) is 0. The lowest BCUT2D eigenvalue weighted by molar-refractivity contribution is 0.0771. The van der Waals surface area contributed by atoms with Crippen molar-refractivity contribution in [2.75, 3.05) is 18.8 Å². The number of nitrogens with zero attached hydrogens (tertiary/aromatic N) is 1. The van der Waals surface area contributed by atoms with Gasteiger partial charge in [0, 0.05) is 18.7 Å². The van der Waals surface area contributed by atoms with E-state index in [1.54, 1.807) is 25.7 Å². The molecule has 5 heteroatoms. The maximum Gasteiger partial charge on any atom is 0.254 e. The number of amides is 1. The summed E-state index contributed by atoms with van der Waals surface area (Å²) >= 11 is 0. The van der Waals surface area contributed by atoms with Crippen LogP contribution >= 0.6 is 0 Å². The topological polar surface area (TPSA) is 54.5 Å². The van der Waals surface area contributed by atoms with E-state index < -0.39 is 14.6 Å². The number of hydrogen-bond acceptors (Lipinski definition) is 3. The van der Waals surface area contributed by atoms with Crippen molar-refractivity contribution in [1.29, 1.82) is 0 Å². The lowest BCUT2D eigenvalue weighted by Crippen LogP contribution is -2.39. The third kappa shape index (κ3) is 3.46. The molecule has 0 saturated heterocycles. The molecule has 0 radical (unpaired) electrons. The van der Waals surface area contributed by atoms with E-state index in [1.165, 1.54) is 0 Å². The van der Waals surface area contributed by atoms with Gasteiger partial charge in [0.05, 0.1) is 10.5 Å². The molecular formula is C16H23NO3S. The van der Waals surface area contributed by atoms with E-state index in [0.29, 0.717) is 12.1 Å². The molecule has 0 bridgehead atoms. The molecule has 0 N–H and O–H groups in total. The van der Waals surface area contributed by atoms with Gasteiger partial charge in [0.1, 0.15) is 0 Å². The Balaban J connectivity index is 2.14. The number of fused-ring (bicyclic) bond motifs is 1. The lowest BCUT2D eigenvalue weighted by atomic mass is 10.0. The van der Waals surface area contributed by atoms with E-state index in [2.05, 4.69) is 0 Å². The highest BCUT2D eigenvalue weighted by Crippen LogP contribution is 2.20. The Bertz CT molecular complexity index is 629. The van der Waals surface area contributed by atoms with Gasteiger partial charge in [-0.25, -0.2) is 8.42 Å². The van der Waals surface area contributed by atoms with Crippen molar-refractivity contribution >= 4 is 15.7 Å². The van der Waals surface area contributed by atoms with Gasteiger partial charge in [-0.1, -0.05) is 18.2 Å². The van der Waals surface area contributed by atoms with Crippen LogP contribution in [-0.2, 0) is 16.3 Å². The molecule has 0 atom stereocenters. The third-order valence-corrected chi connectivity index (χ3v) is 6.56. The number of carbonyl (C=O) groups is 1. The summed E-state index contributed by atoms with van der Waals surface area (Å²) in [4.78, 5) is 14.2. The maximum atomic E-state index is 12.5. The molecule has 1 aromatic carbocycles. The second kappa shape index (κ2) is 5.79. The second-order valence-electron chi connectivity index (χ2n) is 6.48. The van der Waals surface area contributed by atoms with E-state index >= 15 is 0 Å². The zero-order chi connectivity index (χ0) is 15.7. The molecular weight excluding hydrogens is 286 g/mol. The van der Waals surface area contributed by atoms with E-state index in [0.717, 1.165) is 18.4 Å². The van der Waals surface area contributed by atoms with Crippen molar-refractivity contribution in [3.63, 3.8) is 0 Å². The Morgan fingerprint density at radius 2 is 1.86 bits per heavy atom. The van der Waals surface area contributed by atoms with Crippen LogP contribution < -0.4 is 0 Å². The number of sulfone groups is 1. The molecule has 21 heavy (non-hydrogen) atoms. The SMILES string of the molecule is CC(C)(C)S(=O)(=O)CCN1CCCc2ccccc2C1=O. The first-order chi connectivity index (χ1) is 9.72. The summed E-state index contributed by atoms with van der Waals surface area (Å²) in [7, 11) is -3.20. The molecule has 0 saturated carbocycles. The van der Waals surface area contributed by atoms with Crippen molar-refractivity contribution in [3.05, 3.63) is 35.4 Å². The van der Waals surface area contributed by atoms with E-state index in [4.69, 9.17) is 0 Å². The first-order valence-corrected chi connectivity index (χ1v) is 8.97. The third-order valence-electron chi connectivity index (χ3n) is 3.97. The maximum absolute atomic E-state index is 12.5. The van der Waals surface area contributed by atoms with Crippen LogP contribution in [0.15, 0.2) is 24.3 Å². The minimum absolute atomic E-state index is 0.0183. The van der Waals surface area contributed by atoms with Gasteiger partial charge in [0.2, 0.25) is 0 Å². The largest absolute Gasteiger partial charge is 0.338 e. The summed E-state index contributed by atoms with van der Waals surface area (Å²) in [5.74, 6) is -0.0306. The normalized spacial score (nSPS) is 16.5. The highest BCUT2D eigenvalue weighted by molar-refractivity contribution is 7.92. The molecule has 0 aliphatic carbocycles. The molecule has 1 aromatic rings. The Labute approximate surface area is 127 Å². The summed E-state index contributed by atoms with van der Waals surface area (Å²) in [6, 6.07) is 7.59. The zero-order valence-corrected chi connectivity index (χ0v) is 13.7. The van der Waals surface area contributed by atoms with Crippen LogP contribution in [0.4, 0.5) is 0 Å². The van der Waals surface area contributed by atoms with Gasteiger partial charge < -0.3 is 4.90 Å². The van der Waals surface area contributed by atoms with E-state index in [1.807, 2.05) is 24.3 Å². The van der Waals surface area contributed by atoms with E-state index in [-0.39, 0.29) is 18.2 Å². The van der Waals surface area contributed by atoms with Gasteiger partial charge in [0.15, 0.2) is 9.84 Å². The fourth-order valence-electron chi connectivity index (χ4n) is 2.43. The van der Waals surface area contributed by atoms with Crippen LogP contribution in [-0.4, -0.2) is 42.8 Å². The molecule has 0 aromatic heterocycles. The zero-order valence-electron chi connectivity index (χ0n) is 12.9. The monoisotopic (exact) mass is 309 g/mol. The summed E-state index contributed by atoms with van der Waals surface area (Å²) < 4.78 is 23.6. The van der Waals surface area contributed by atoms with Crippen LogP contribution in [0.2, 0.25) is 0 Å². The first kappa shape index (κ1) is 16.0. The molecule has 4 nitrogen and oxygen atoms in total. The Morgan fingerprint density at radius 3 is 2.52 bits per heavy atom. The van der Waals surface area contributed by atoms with Crippen molar-refractivity contribution in [2.24, 2.45) is 0 Å². The highest BCUT2D eigenvalue weighted by Gasteiger charge is 2.30. The van der Waals surface area contributed by atoms with Crippen LogP contribution in [0.25, 0.3) is 0 Å². The highest BCUT2D eigenvalue weighted by atomic mass is 32.2. The van der Waals surface area contributed by atoms with Gasteiger partial charge >= 0.3 is 0 Å². The van der Waals surface area contributed by atoms with Crippen LogP contribution in [0, 0.1) is 0 Å². The predicted molar refractivity (Wildman–Crippen MR) is 84.2 cm³/mol. The standard InChI is InChI=1S/C16H23NO3S/c1-16(2,3)21(19,20)12-11-17-10-6-8-13-7-4-5-9-14(13)15(17)18/h4-5,7,9H,6,8,10-12H2,1-3H3. The van der Waals surface area contributed by atoms with Crippen molar-refractivity contribution in [2.45, 2.75) is 38.4 Å². The smallest absolute Gasteiger partial charge is 0.254 e. The quantitative estimate of drug-likeness (QED) is 0.861. The first-order valence-electron chi connectivity index (χ1n) is 7.32. The predicted octanol–water partition coefficient (Wildman–Crippen LogP) is 2.29. The Kier molecular flexibility index (Phi) is 4.42. The Morgan fingerprint density at radius 1 is 1.19 bits per heavy atom. The molecule has 2 rings (SSSR count).